The lowest BCUT2D eigenvalue weighted by Crippen LogP contribution is -2.21. The van der Waals surface area contributed by atoms with Crippen molar-refractivity contribution in [3.8, 4) is 22.9 Å². The Balaban J connectivity index is 1.37. The van der Waals surface area contributed by atoms with Gasteiger partial charge in [0, 0.05) is 29.1 Å². The molecule has 0 aliphatic rings. The van der Waals surface area contributed by atoms with E-state index in [9.17, 15) is 9.59 Å². The Morgan fingerprint density at radius 2 is 1.70 bits per heavy atom. The van der Waals surface area contributed by atoms with E-state index in [2.05, 4.69) is 27.9 Å². The minimum absolute atomic E-state index is 0.252. The van der Waals surface area contributed by atoms with E-state index in [1.54, 1.807) is 36.1 Å². The highest BCUT2D eigenvalue weighted by Crippen LogP contribution is 2.35. The molecule has 220 valence electrons. The number of urea groups is 1. The molecule has 5 aromatic rings. The van der Waals surface area contributed by atoms with E-state index in [4.69, 9.17) is 19.7 Å². The molecular formula is C32H32N6O5. The van der Waals surface area contributed by atoms with E-state index < -0.39 is 18.5 Å². The molecule has 2 aromatic heterocycles. The lowest BCUT2D eigenvalue weighted by atomic mass is 10.1. The van der Waals surface area contributed by atoms with Crippen LogP contribution in [0.15, 0.2) is 85.1 Å². The lowest BCUT2D eigenvalue weighted by Gasteiger charge is -2.14. The summed E-state index contributed by atoms with van der Waals surface area (Å²) in [6.07, 6.45) is 4.32. The Hall–Kier alpha value is -5.42. The van der Waals surface area contributed by atoms with Gasteiger partial charge in [0.1, 0.15) is 35.5 Å². The van der Waals surface area contributed by atoms with E-state index in [1.807, 2.05) is 54.6 Å². The second-order valence-electron chi connectivity index (χ2n) is 9.66. The van der Waals surface area contributed by atoms with Crippen molar-refractivity contribution in [2.75, 3.05) is 29.7 Å². The summed E-state index contributed by atoms with van der Waals surface area (Å²) in [4.78, 5) is 28.9. The number of carbonyl (C=O) groups is 2. The van der Waals surface area contributed by atoms with Gasteiger partial charge in [0.2, 0.25) is 0 Å². The normalized spacial score (nSPS) is 10.8. The topological polar surface area (TPSA) is 140 Å². The second kappa shape index (κ2) is 13.5. The van der Waals surface area contributed by atoms with Crippen molar-refractivity contribution in [3.05, 3.63) is 90.8 Å². The number of hydrogen-bond donors (Lipinski definition) is 4. The maximum atomic E-state index is 13.3. The van der Waals surface area contributed by atoms with E-state index in [0.29, 0.717) is 23.0 Å². The molecule has 0 saturated carbocycles. The molecule has 3 amide bonds. The van der Waals surface area contributed by atoms with Crippen molar-refractivity contribution >= 4 is 40.0 Å². The summed E-state index contributed by atoms with van der Waals surface area (Å²) in [7, 11) is 1.61. The molecule has 4 N–H and O–H groups in total. The highest BCUT2D eigenvalue weighted by Gasteiger charge is 2.15. The van der Waals surface area contributed by atoms with Gasteiger partial charge in [-0.05, 0) is 55.3 Å². The van der Waals surface area contributed by atoms with Gasteiger partial charge in [-0.1, -0.05) is 37.6 Å². The van der Waals surface area contributed by atoms with Crippen LogP contribution >= 0.6 is 0 Å². The fraction of sp³-hybridized carbons (Fsp3) is 0.188. The number of amides is 3. The number of aliphatic hydroxyl groups excluding tert-OH is 1. The quantitative estimate of drug-likeness (QED) is 0.147. The zero-order valence-corrected chi connectivity index (χ0v) is 23.8. The molecule has 0 radical (unpaired) electrons. The summed E-state index contributed by atoms with van der Waals surface area (Å²) in [5.74, 6) is 1.93. The van der Waals surface area contributed by atoms with Gasteiger partial charge >= 0.3 is 6.03 Å². The molecule has 5 rings (SSSR count). The standard InChI is InChI=1S/C32H32N6O5/c1-3-4-7-21-18-30(38(37-21)22-10-12-23(42-2)13-11-22)36-32(41)34-27-14-15-28(26-9-6-5-8-25(26)27)43-24-16-17-33-29(19-24)35-31(40)20-39/h5-6,8-19,39H,3-4,7,20H2,1-2H3,(H,33,35,40)(H2,34,36,41). The molecule has 43 heavy (non-hydrogen) atoms. The molecule has 0 aliphatic carbocycles. The van der Waals surface area contributed by atoms with Crippen LogP contribution in [0.3, 0.4) is 0 Å². The third kappa shape index (κ3) is 7.08. The van der Waals surface area contributed by atoms with Crippen molar-refractivity contribution in [3.63, 3.8) is 0 Å². The summed E-state index contributed by atoms with van der Waals surface area (Å²) in [5.41, 5.74) is 2.27. The molecule has 0 atom stereocenters. The number of aromatic nitrogens is 3. The Bertz CT molecular complexity index is 1730. The monoisotopic (exact) mass is 580 g/mol. The number of benzene rings is 3. The molecule has 0 spiro atoms. The molecule has 11 heteroatoms. The molecule has 0 unspecified atom stereocenters. The van der Waals surface area contributed by atoms with Gasteiger partial charge in [-0.25, -0.2) is 14.5 Å². The summed E-state index contributed by atoms with van der Waals surface area (Å²) in [6, 6.07) is 23.2. The van der Waals surface area contributed by atoms with Crippen LogP contribution in [0.2, 0.25) is 0 Å². The van der Waals surface area contributed by atoms with Gasteiger partial charge in [-0.2, -0.15) is 5.10 Å². The number of hydrogen-bond acceptors (Lipinski definition) is 7. The number of unbranched alkanes of at least 4 members (excludes halogenated alkanes) is 1. The van der Waals surface area contributed by atoms with E-state index in [1.165, 1.54) is 6.20 Å². The average molecular weight is 581 g/mol. The van der Waals surface area contributed by atoms with Crippen LogP contribution in [0, 0.1) is 0 Å². The van der Waals surface area contributed by atoms with Gasteiger partial charge in [0.25, 0.3) is 5.91 Å². The number of methoxy groups -OCH3 is 1. The minimum Gasteiger partial charge on any atom is -0.497 e. The highest BCUT2D eigenvalue weighted by atomic mass is 16.5. The zero-order chi connectivity index (χ0) is 30.2. The number of carbonyl (C=O) groups excluding carboxylic acids is 2. The fourth-order valence-electron chi connectivity index (χ4n) is 4.51. The molecule has 0 saturated heterocycles. The first-order valence-electron chi connectivity index (χ1n) is 13.8. The minimum atomic E-state index is -0.650. The second-order valence-corrected chi connectivity index (χ2v) is 9.66. The molecule has 0 bridgehead atoms. The predicted octanol–water partition coefficient (Wildman–Crippen LogP) is 6.14. The van der Waals surface area contributed by atoms with Crippen molar-refractivity contribution in [2.24, 2.45) is 0 Å². The van der Waals surface area contributed by atoms with Crippen LogP contribution in [0.4, 0.5) is 22.1 Å². The van der Waals surface area contributed by atoms with Crippen LogP contribution in [-0.4, -0.2) is 45.5 Å². The maximum absolute atomic E-state index is 13.3. The third-order valence-electron chi connectivity index (χ3n) is 6.61. The number of pyridine rings is 1. The number of aryl methyl sites for hydroxylation is 1. The fourth-order valence-corrected chi connectivity index (χ4v) is 4.51. The average Bonchev–Trinajstić information content (AvgIpc) is 3.43. The summed E-state index contributed by atoms with van der Waals surface area (Å²) >= 11 is 0. The SMILES string of the molecule is CCCCc1cc(NC(=O)Nc2ccc(Oc3ccnc(NC(=O)CO)c3)c3ccccc23)n(-c2ccc(OC)cc2)n1. The van der Waals surface area contributed by atoms with Crippen molar-refractivity contribution in [2.45, 2.75) is 26.2 Å². The molecule has 11 nitrogen and oxygen atoms in total. The highest BCUT2D eigenvalue weighted by molar-refractivity contribution is 6.07. The van der Waals surface area contributed by atoms with Crippen molar-refractivity contribution in [1.82, 2.24) is 14.8 Å². The van der Waals surface area contributed by atoms with E-state index in [0.717, 1.165) is 47.2 Å². The number of nitrogens with one attached hydrogen (secondary N) is 3. The summed E-state index contributed by atoms with van der Waals surface area (Å²) in [5, 5.41) is 23.7. The molecular weight excluding hydrogens is 548 g/mol. The van der Waals surface area contributed by atoms with Crippen LogP contribution < -0.4 is 25.4 Å². The molecule has 0 fully saturated rings. The largest absolute Gasteiger partial charge is 0.497 e. The van der Waals surface area contributed by atoms with Crippen LogP contribution in [0.5, 0.6) is 17.2 Å². The first-order chi connectivity index (χ1) is 21.0. The van der Waals surface area contributed by atoms with E-state index >= 15 is 0 Å². The number of ether oxygens (including phenoxy) is 2. The van der Waals surface area contributed by atoms with Gasteiger partial charge in [-0.3, -0.25) is 10.1 Å². The maximum Gasteiger partial charge on any atom is 0.324 e. The Morgan fingerprint density at radius 3 is 2.44 bits per heavy atom. The van der Waals surface area contributed by atoms with Crippen LogP contribution in [-0.2, 0) is 11.2 Å². The van der Waals surface area contributed by atoms with Crippen molar-refractivity contribution < 1.29 is 24.2 Å². The first kappa shape index (κ1) is 29.1. The van der Waals surface area contributed by atoms with E-state index in [-0.39, 0.29) is 5.82 Å². The summed E-state index contributed by atoms with van der Waals surface area (Å²) in [6.45, 7) is 1.48. The molecule has 0 aliphatic heterocycles. The number of nitrogens with zero attached hydrogens (tertiary/aromatic N) is 3. The zero-order valence-electron chi connectivity index (χ0n) is 23.8. The molecule has 3 aromatic carbocycles. The lowest BCUT2D eigenvalue weighted by molar-refractivity contribution is -0.118. The van der Waals surface area contributed by atoms with Crippen molar-refractivity contribution in [1.29, 1.82) is 0 Å². The number of aliphatic hydroxyl groups is 1. The number of anilines is 3. The third-order valence-corrected chi connectivity index (χ3v) is 6.61. The first-order valence-corrected chi connectivity index (χ1v) is 13.8. The Morgan fingerprint density at radius 1 is 0.907 bits per heavy atom. The number of fused-ring (bicyclic) bond motifs is 1. The van der Waals surface area contributed by atoms with Gasteiger partial charge in [-0.15, -0.1) is 0 Å². The Labute approximate surface area is 248 Å². The van der Waals surface area contributed by atoms with Crippen LogP contribution in [0.1, 0.15) is 25.5 Å². The van der Waals surface area contributed by atoms with Gasteiger partial charge < -0.3 is 25.2 Å². The predicted molar refractivity (Wildman–Crippen MR) is 165 cm³/mol. The molecule has 2 heterocycles. The van der Waals surface area contributed by atoms with Gasteiger partial charge in [0.05, 0.1) is 24.2 Å². The van der Waals surface area contributed by atoms with Crippen LogP contribution in [0.25, 0.3) is 16.5 Å². The number of rotatable bonds is 11. The van der Waals surface area contributed by atoms with Gasteiger partial charge in [0.15, 0.2) is 0 Å². The smallest absolute Gasteiger partial charge is 0.324 e. The summed E-state index contributed by atoms with van der Waals surface area (Å²) < 4.78 is 13.1. The Kier molecular flexibility index (Phi) is 9.13.